The van der Waals surface area contributed by atoms with Crippen LogP contribution < -0.4 is 16.2 Å². The number of sulfonamides is 1. The monoisotopic (exact) mass is 465 g/mol. The highest BCUT2D eigenvalue weighted by molar-refractivity contribution is 7.99. The van der Waals surface area contributed by atoms with E-state index in [2.05, 4.69) is 27.1 Å². The second kappa shape index (κ2) is 8.95. The summed E-state index contributed by atoms with van der Waals surface area (Å²) in [5, 5.41) is 17.2. The minimum absolute atomic E-state index is 0.0288. The predicted molar refractivity (Wildman–Crippen MR) is 118 cm³/mol. The molecule has 1 amide bonds. The van der Waals surface area contributed by atoms with Gasteiger partial charge in [-0.05, 0) is 31.2 Å². The fourth-order valence-electron chi connectivity index (χ4n) is 2.54. The molecule has 10 nitrogen and oxygen atoms in total. The Labute approximate surface area is 181 Å². The third-order valence-electron chi connectivity index (χ3n) is 3.84. The Morgan fingerprint density at radius 3 is 2.60 bits per heavy atom. The fraction of sp³-hybridized carbons (Fsp3) is 0.176. The average Bonchev–Trinajstić information content (AvgIpc) is 3.22. The van der Waals surface area contributed by atoms with Gasteiger partial charge in [-0.25, -0.2) is 18.5 Å². The molecule has 0 saturated carbocycles. The van der Waals surface area contributed by atoms with E-state index in [0.29, 0.717) is 28.3 Å². The normalized spacial score (nSPS) is 11.4. The summed E-state index contributed by atoms with van der Waals surface area (Å²) in [5.74, 6) is 0.412. The maximum atomic E-state index is 12.3. The zero-order chi connectivity index (χ0) is 21.9. The molecule has 30 heavy (non-hydrogen) atoms. The third kappa shape index (κ3) is 5.05. The van der Waals surface area contributed by atoms with Crippen molar-refractivity contribution in [1.29, 1.82) is 0 Å². The van der Waals surface area contributed by atoms with E-state index in [1.54, 1.807) is 6.08 Å². The van der Waals surface area contributed by atoms with Crippen LogP contribution in [0.4, 0.5) is 10.8 Å². The topological polar surface area (TPSA) is 159 Å². The highest BCUT2D eigenvalue weighted by Gasteiger charge is 2.19. The van der Waals surface area contributed by atoms with E-state index >= 15 is 0 Å². The first-order valence-corrected chi connectivity index (χ1v) is 11.9. The number of amides is 1. The molecule has 0 aliphatic carbocycles. The lowest BCUT2D eigenvalue weighted by atomic mass is 10.3. The summed E-state index contributed by atoms with van der Waals surface area (Å²) in [7, 11) is -3.78. The summed E-state index contributed by atoms with van der Waals surface area (Å²) in [6, 6.07) is 5.59. The SMILES string of the molecule is C=CCn1c(SCC(=O)Nc2ccc(S(N)(=O)=O)cc2)nnc1-c1sc(N)nc1C. The van der Waals surface area contributed by atoms with Gasteiger partial charge in [-0.15, -0.1) is 16.8 Å². The smallest absolute Gasteiger partial charge is 0.238 e. The van der Waals surface area contributed by atoms with Crippen molar-refractivity contribution in [2.45, 2.75) is 23.5 Å². The molecule has 3 aromatic rings. The largest absolute Gasteiger partial charge is 0.375 e. The Balaban J connectivity index is 1.70. The highest BCUT2D eigenvalue weighted by Crippen LogP contribution is 2.32. The van der Waals surface area contributed by atoms with Gasteiger partial charge < -0.3 is 11.1 Å². The standard InChI is InChI=1S/C17H19N7O3S3/c1-3-8-24-15(14-10(2)20-16(18)29-14)22-23-17(24)28-9-13(25)21-11-4-6-12(7-5-11)30(19,26)27/h3-7H,1,8-9H2,2H3,(H2,18,20)(H,21,25)(H2,19,26,27). The van der Waals surface area contributed by atoms with Crippen LogP contribution in [-0.4, -0.2) is 39.8 Å². The van der Waals surface area contributed by atoms with Gasteiger partial charge in [-0.3, -0.25) is 9.36 Å². The Kier molecular flexibility index (Phi) is 6.55. The number of thioether (sulfide) groups is 1. The Morgan fingerprint density at radius 2 is 2.03 bits per heavy atom. The molecule has 2 aromatic heterocycles. The number of thiazole rings is 1. The van der Waals surface area contributed by atoms with Crippen LogP contribution >= 0.6 is 23.1 Å². The molecule has 1 aromatic carbocycles. The number of nitrogens with one attached hydrogen (secondary N) is 1. The van der Waals surface area contributed by atoms with Crippen LogP contribution in [-0.2, 0) is 21.4 Å². The van der Waals surface area contributed by atoms with Gasteiger partial charge in [-0.1, -0.05) is 29.2 Å². The third-order valence-corrected chi connectivity index (χ3v) is 6.72. The number of rotatable bonds is 8. The van der Waals surface area contributed by atoms with E-state index in [9.17, 15) is 13.2 Å². The number of hydrogen-bond acceptors (Lipinski definition) is 9. The number of nitrogen functional groups attached to an aromatic ring is 1. The first-order chi connectivity index (χ1) is 14.2. The summed E-state index contributed by atoms with van der Waals surface area (Å²) in [6.07, 6.45) is 1.71. The van der Waals surface area contributed by atoms with Gasteiger partial charge in [0.2, 0.25) is 15.9 Å². The van der Waals surface area contributed by atoms with E-state index in [0.717, 1.165) is 10.6 Å². The summed E-state index contributed by atoms with van der Waals surface area (Å²) < 4.78 is 24.4. The lowest BCUT2D eigenvalue weighted by Crippen LogP contribution is -2.15. The molecule has 0 atom stereocenters. The van der Waals surface area contributed by atoms with Crippen molar-refractivity contribution in [3.05, 3.63) is 42.6 Å². The minimum Gasteiger partial charge on any atom is -0.375 e. The Morgan fingerprint density at radius 1 is 1.33 bits per heavy atom. The summed E-state index contributed by atoms with van der Waals surface area (Å²) >= 11 is 2.54. The van der Waals surface area contributed by atoms with Crippen LogP contribution in [0.2, 0.25) is 0 Å². The molecule has 0 spiro atoms. The first-order valence-electron chi connectivity index (χ1n) is 8.52. The van der Waals surface area contributed by atoms with Gasteiger partial charge >= 0.3 is 0 Å². The van der Waals surface area contributed by atoms with Crippen molar-refractivity contribution in [2.24, 2.45) is 5.14 Å². The van der Waals surface area contributed by atoms with Crippen molar-refractivity contribution >= 4 is 49.8 Å². The quantitative estimate of drug-likeness (QED) is 0.336. The highest BCUT2D eigenvalue weighted by atomic mass is 32.2. The zero-order valence-electron chi connectivity index (χ0n) is 15.9. The molecule has 158 valence electrons. The number of anilines is 2. The molecule has 0 unspecified atom stereocenters. The first kappa shape index (κ1) is 22.0. The number of nitrogens with two attached hydrogens (primary N) is 2. The van der Waals surface area contributed by atoms with Crippen molar-refractivity contribution in [1.82, 2.24) is 19.7 Å². The summed E-state index contributed by atoms with van der Waals surface area (Å²) in [6.45, 7) is 6.06. The van der Waals surface area contributed by atoms with Gasteiger partial charge in [-0.2, -0.15) is 0 Å². The van der Waals surface area contributed by atoms with Crippen LogP contribution in [0.1, 0.15) is 5.69 Å². The van der Waals surface area contributed by atoms with Crippen molar-refractivity contribution in [3.63, 3.8) is 0 Å². The molecule has 0 saturated heterocycles. The molecule has 13 heteroatoms. The van der Waals surface area contributed by atoms with Gasteiger partial charge in [0.1, 0.15) is 0 Å². The van der Waals surface area contributed by atoms with Crippen molar-refractivity contribution in [2.75, 3.05) is 16.8 Å². The minimum atomic E-state index is -3.78. The number of primary sulfonamides is 1. The van der Waals surface area contributed by atoms with Gasteiger partial charge in [0.15, 0.2) is 16.1 Å². The zero-order valence-corrected chi connectivity index (χ0v) is 18.4. The van der Waals surface area contributed by atoms with Crippen molar-refractivity contribution < 1.29 is 13.2 Å². The van der Waals surface area contributed by atoms with E-state index in [1.807, 2.05) is 11.5 Å². The maximum Gasteiger partial charge on any atom is 0.238 e. The van der Waals surface area contributed by atoms with E-state index in [4.69, 9.17) is 10.9 Å². The summed E-state index contributed by atoms with van der Waals surface area (Å²) in [5.41, 5.74) is 7.00. The average molecular weight is 466 g/mol. The van der Waals surface area contributed by atoms with Gasteiger partial charge in [0.25, 0.3) is 0 Å². The van der Waals surface area contributed by atoms with Gasteiger partial charge in [0, 0.05) is 12.2 Å². The van der Waals surface area contributed by atoms with Crippen LogP contribution in [0.15, 0.2) is 47.0 Å². The number of nitrogens with zero attached hydrogens (tertiary/aromatic N) is 4. The predicted octanol–water partition coefficient (Wildman–Crippen LogP) is 1.86. The number of carbonyl (C=O) groups is 1. The lowest BCUT2D eigenvalue weighted by Gasteiger charge is -2.08. The molecular formula is C17H19N7O3S3. The number of aryl methyl sites for hydroxylation is 1. The molecule has 0 aliphatic rings. The number of benzene rings is 1. The second-order valence-corrected chi connectivity index (χ2v) is 9.61. The van der Waals surface area contributed by atoms with Crippen LogP contribution in [0.25, 0.3) is 10.7 Å². The number of allylic oxidation sites excluding steroid dienone is 1. The van der Waals surface area contributed by atoms with Crippen LogP contribution in [0.5, 0.6) is 0 Å². The molecule has 3 rings (SSSR count). The second-order valence-electron chi connectivity index (χ2n) is 6.08. The van der Waals surface area contributed by atoms with E-state index in [-0.39, 0.29) is 16.6 Å². The molecule has 0 aliphatic heterocycles. The van der Waals surface area contributed by atoms with Crippen molar-refractivity contribution in [3.8, 4) is 10.7 Å². The molecule has 0 fully saturated rings. The lowest BCUT2D eigenvalue weighted by molar-refractivity contribution is -0.113. The summed E-state index contributed by atoms with van der Waals surface area (Å²) in [4.78, 5) is 17.3. The number of aromatic nitrogens is 4. The fourth-order valence-corrected chi connectivity index (χ4v) is 4.63. The molecule has 0 bridgehead atoms. The van der Waals surface area contributed by atoms with Gasteiger partial charge in [0.05, 0.1) is 21.2 Å². The molecule has 5 N–H and O–H groups in total. The molecule has 2 heterocycles. The Hall–Kier alpha value is -2.74. The molecular weight excluding hydrogens is 446 g/mol. The number of hydrogen-bond donors (Lipinski definition) is 3. The molecule has 0 radical (unpaired) electrons. The van der Waals surface area contributed by atoms with Crippen LogP contribution in [0, 0.1) is 6.92 Å². The maximum absolute atomic E-state index is 12.3. The van der Waals surface area contributed by atoms with E-state index in [1.165, 1.54) is 47.4 Å². The number of carbonyl (C=O) groups excluding carboxylic acids is 1. The van der Waals surface area contributed by atoms with E-state index < -0.39 is 10.0 Å². The van der Waals surface area contributed by atoms with Crippen LogP contribution in [0.3, 0.4) is 0 Å². The Bertz CT molecular complexity index is 1180.